The number of aliphatic hydroxyl groups excluding tert-OH is 1. The molecule has 0 aromatic heterocycles. The predicted octanol–water partition coefficient (Wildman–Crippen LogP) is 7.04. The van der Waals surface area contributed by atoms with Crippen LogP contribution >= 0.6 is 0 Å². The quantitative estimate of drug-likeness (QED) is 0.219. The zero-order valence-corrected chi connectivity index (χ0v) is 14.1. The van der Waals surface area contributed by atoms with E-state index in [1.807, 2.05) is 6.08 Å². The lowest BCUT2D eigenvalue weighted by molar-refractivity contribution is 0.379. The standard InChI is InChI=1S/C20H34O/c1-3-5-7-8-9-10-11-12-13-14-15-17-19-20(21)18-16-6-4-2/h8-9,11-12,14-15,19,21H,3-7,10,13,16-18H2,1-2H3/b9-8-,12-11-,15-14-,20-19+. The normalized spacial score (nSPS) is 13.1. The first-order chi connectivity index (χ1) is 10.3. The van der Waals surface area contributed by atoms with Gasteiger partial charge in [0, 0.05) is 6.42 Å². The van der Waals surface area contributed by atoms with Gasteiger partial charge in [0.2, 0.25) is 0 Å². The molecule has 1 heteroatoms. The molecular weight excluding hydrogens is 256 g/mol. The number of allylic oxidation sites excluding steroid dienone is 8. The monoisotopic (exact) mass is 290 g/mol. The van der Waals surface area contributed by atoms with E-state index in [0.29, 0.717) is 5.76 Å². The minimum Gasteiger partial charge on any atom is -0.513 e. The fourth-order valence-electron chi connectivity index (χ4n) is 1.94. The summed E-state index contributed by atoms with van der Waals surface area (Å²) < 4.78 is 0. The number of aliphatic hydroxyl groups is 1. The van der Waals surface area contributed by atoms with E-state index in [9.17, 15) is 5.11 Å². The van der Waals surface area contributed by atoms with Crippen LogP contribution in [-0.4, -0.2) is 5.11 Å². The lowest BCUT2D eigenvalue weighted by Crippen LogP contribution is -1.81. The molecule has 0 bridgehead atoms. The van der Waals surface area contributed by atoms with E-state index in [0.717, 1.165) is 32.1 Å². The molecule has 0 aliphatic heterocycles. The zero-order valence-electron chi connectivity index (χ0n) is 14.1. The largest absolute Gasteiger partial charge is 0.513 e. The summed E-state index contributed by atoms with van der Waals surface area (Å²) in [4.78, 5) is 0. The maximum Gasteiger partial charge on any atom is 0.0886 e. The fourth-order valence-corrected chi connectivity index (χ4v) is 1.94. The highest BCUT2D eigenvalue weighted by molar-refractivity contribution is 5.01. The number of rotatable bonds is 13. The van der Waals surface area contributed by atoms with Crippen molar-refractivity contribution in [2.45, 2.75) is 78.1 Å². The van der Waals surface area contributed by atoms with E-state index in [2.05, 4.69) is 50.3 Å². The molecule has 0 aromatic rings. The molecule has 0 saturated carbocycles. The Morgan fingerprint density at radius 1 is 0.714 bits per heavy atom. The third-order valence-corrected chi connectivity index (χ3v) is 3.29. The van der Waals surface area contributed by atoms with Crippen LogP contribution in [0.25, 0.3) is 0 Å². The van der Waals surface area contributed by atoms with Crippen molar-refractivity contribution in [2.75, 3.05) is 0 Å². The Kier molecular flexibility index (Phi) is 15.8. The Bertz CT molecular complexity index is 321. The molecule has 0 fully saturated rings. The molecule has 0 radical (unpaired) electrons. The van der Waals surface area contributed by atoms with E-state index in [1.54, 1.807) is 0 Å². The highest BCUT2D eigenvalue weighted by atomic mass is 16.3. The van der Waals surface area contributed by atoms with Crippen LogP contribution in [0.5, 0.6) is 0 Å². The van der Waals surface area contributed by atoms with Gasteiger partial charge in [0.15, 0.2) is 0 Å². The average molecular weight is 290 g/mol. The van der Waals surface area contributed by atoms with Gasteiger partial charge in [-0.2, -0.15) is 0 Å². The summed E-state index contributed by atoms with van der Waals surface area (Å²) in [5.74, 6) is 0.542. The summed E-state index contributed by atoms with van der Waals surface area (Å²) >= 11 is 0. The van der Waals surface area contributed by atoms with E-state index in [4.69, 9.17) is 0 Å². The highest BCUT2D eigenvalue weighted by Crippen LogP contribution is 2.07. The second kappa shape index (κ2) is 16.8. The molecule has 0 aromatic carbocycles. The summed E-state index contributed by atoms with van der Waals surface area (Å²) in [6.45, 7) is 4.40. The van der Waals surface area contributed by atoms with Crippen LogP contribution in [0.15, 0.2) is 48.3 Å². The second-order valence-corrected chi connectivity index (χ2v) is 5.42. The van der Waals surface area contributed by atoms with Crippen LogP contribution in [0.2, 0.25) is 0 Å². The van der Waals surface area contributed by atoms with Crippen molar-refractivity contribution >= 4 is 0 Å². The summed E-state index contributed by atoms with van der Waals surface area (Å²) in [6, 6.07) is 0. The van der Waals surface area contributed by atoms with Crippen molar-refractivity contribution in [1.82, 2.24) is 0 Å². The molecule has 0 heterocycles. The van der Waals surface area contributed by atoms with Crippen molar-refractivity contribution < 1.29 is 5.11 Å². The molecule has 0 atom stereocenters. The summed E-state index contributed by atoms with van der Waals surface area (Å²) in [7, 11) is 0. The molecular formula is C20H34O. The third-order valence-electron chi connectivity index (χ3n) is 3.29. The van der Waals surface area contributed by atoms with Gasteiger partial charge >= 0.3 is 0 Å². The molecule has 0 unspecified atom stereocenters. The first-order valence-electron chi connectivity index (χ1n) is 8.64. The minimum absolute atomic E-state index is 0.542. The van der Waals surface area contributed by atoms with Gasteiger partial charge in [0.1, 0.15) is 0 Å². The SMILES string of the molecule is CCCC/C=C\C/C=C\C/C=C\C/C=C(/O)CCCCC. The van der Waals surface area contributed by atoms with Gasteiger partial charge in [-0.25, -0.2) is 0 Å². The Morgan fingerprint density at radius 3 is 1.90 bits per heavy atom. The number of hydrogen-bond acceptors (Lipinski definition) is 1. The van der Waals surface area contributed by atoms with E-state index < -0.39 is 0 Å². The van der Waals surface area contributed by atoms with E-state index in [1.165, 1.54) is 32.1 Å². The third kappa shape index (κ3) is 16.7. The lowest BCUT2D eigenvalue weighted by atomic mass is 10.1. The summed E-state index contributed by atoms with van der Waals surface area (Å²) in [5, 5.41) is 9.64. The van der Waals surface area contributed by atoms with Gasteiger partial charge in [-0.05, 0) is 38.2 Å². The minimum atomic E-state index is 0.542. The van der Waals surface area contributed by atoms with Crippen LogP contribution in [0.3, 0.4) is 0 Å². The van der Waals surface area contributed by atoms with Gasteiger partial charge in [-0.3, -0.25) is 0 Å². The van der Waals surface area contributed by atoms with Gasteiger partial charge < -0.3 is 5.11 Å². The molecule has 1 nitrogen and oxygen atoms in total. The zero-order chi connectivity index (χ0) is 15.6. The Morgan fingerprint density at radius 2 is 1.29 bits per heavy atom. The Balaban J connectivity index is 3.54. The molecule has 0 aliphatic rings. The highest BCUT2D eigenvalue weighted by Gasteiger charge is 1.91. The van der Waals surface area contributed by atoms with E-state index >= 15 is 0 Å². The molecule has 0 spiro atoms. The van der Waals surface area contributed by atoms with Crippen LogP contribution in [0.4, 0.5) is 0 Å². The van der Waals surface area contributed by atoms with Gasteiger partial charge in [-0.1, -0.05) is 76.0 Å². The van der Waals surface area contributed by atoms with Crippen LogP contribution < -0.4 is 0 Å². The van der Waals surface area contributed by atoms with Gasteiger partial charge in [-0.15, -0.1) is 0 Å². The maximum atomic E-state index is 9.64. The van der Waals surface area contributed by atoms with E-state index in [-0.39, 0.29) is 0 Å². The second-order valence-electron chi connectivity index (χ2n) is 5.42. The molecule has 21 heavy (non-hydrogen) atoms. The van der Waals surface area contributed by atoms with Crippen molar-refractivity contribution in [3.8, 4) is 0 Å². The smallest absolute Gasteiger partial charge is 0.0886 e. The lowest BCUT2D eigenvalue weighted by Gasteiger charge is -1.97. The Hall–Kier alpha value is -1.24. The molecule has 1 N–H and O–H groups in total. The average Bonchev–Trinajstić information content (AvgIpc) is 2.48. The molecule has 0 saturated heterocycles. The molecule has 0 amide bonds. The van der Waals surface area contributed by atoms with Crippen molar-refractivity contribution in [2.24, 2.45) is 0 Å². The van der Waals surface area contributed by atoms with Gasteiger partial charge in [0.05, 0.1) is 5.76 Å². The topological polar surface area (TPSA) is 20.2 Å². The Labute approximate surface area is 132 Å². The summed E-state index contributed by atoms with van der Waals surface area (Å²) in [5.41, 5.74) is 0. The maximum absolute atomic E-state index is 9.64. The molecule has 0 rings (SSSR count). The van der Waals surface area contributed by atoms with Crippen LogP contribution in [0, 0.1) is 0 Å². The molecule has 120 valence electrons. The van der Waals surface area contributed by atoms with Crippen LogP contribution in [0.1, 0.15) is 78.1 Å². The summed E-state index contributed by atoms with van der Waals surface area (Å²) in [6.07, 6.45) is 26.1. The number of hydrogen-bond donors (Lipinski definition) is 1. The number of unbranched alkanes of at least 4 members (excludes halogenated alkanes) is 4. The molecule has 0 aliphatic carbocycles. The van der Waals surface area contributed by atoms with Crippen molar-refractivity contribution in [1.29, 1.82) is 0 Å². The first kappa shape index (κ1) is 19.8. The first-order valence-corrected chi connectivity index (χ1v) is 8.64. The van der Waals surface area contributed by atoms with Gasteiger partial charge in [0.25, 0.3) is 0 Å². The van der Waals surface area contributed by atoms with Crippen molar-refractivity contribution in [3.05, 3.63) is 48.3 Å². The predicted molar refractivity (Wildman–Crippen MR) is 95.6 cm³/mol. The fraction of sp³-hybridized carbons (Fsp3) is 0.600. The van der Waals surface area contributed by atoms with Crippen molar-refractivity contribution in [3.63, 3.8) is 0 Å². The van der Waals surface area contributed by atoms with Crippen LogP contribution in [-0.2, 0) is 0 Å².